The highest BCUT2D eigenvalue weighted by Crippen LogP contribution is 2.21. The quantitative estimate of drug-likeness (QED) is 0.697. The van der Waals surface area contributed by atoms with Gasteiger partial charge in [-0.2, -0.15) is 10.1 Å². The van der Waals surface area contributed by atoms with Gasteiger partial charge in [-0.05, 0) is 17.7 Å². The summed E-state index contributed by atoms with van der Waals surface area (Å²) < 4.78 is 0. The molecule has 1 aromatic heterocycles. The number of benzene rings is 2. The second-order valence-corrected chi connectivity index (χ2v) is 6.76. The lowest BCUT2D eigenvalue weighted by molar-refractivity contribution is 0.249. The van der Waals surface area contributed by atoms with Gasteiger partial charge in [0.2, 0.25) is 0 Å². The predicted octanol–water partition coefficient (Wildman–Crippen LogP) is 2.96. The molecule has 6 heteroatoms. The van der Waals surface area contributed by atoms with Crippen molar-refractivity contribution in [2.45, 2.75) is 6.54 Å². The molecule has 0 atom stereocenters. The Hall–Kier alpha value is -2.99. The molecule has 0 saturated carbocycles. The van der Waals surface area contributed by atoms with E-state index in [0.717, 1.165) is 44.2 Å². The normalized spacial score (nSPS) is 14.9. The van der Waals surface area contributed by atoms with Gasteiger partial charge in [-0.1, -0.05) is 48.5 Å². The molecule has 27 heavy (non-hydrogen) atoms. The molecule has 0 amide bonds. The maximum Gasteiger partial charge on any atom is 0.251 e. The topological polar surface area (TPSA) is 48.4 Å². The molecule has 1 saturated heterocycles. The van der Waals surface area contributed by atoms with Crippen LogP contribution in [0.2, 0.25) is 0 Å². The van der Waals surface area contributed by atoms with E-state index < -0.39 is 0 Å². The molecule has 0 aliphatic carbocycles. The second-order valence-electron chi connectivity index (χ2n) is 6.76. The van der Waals surface area contributed by atoms with Gasteiger partial charge in [0.05, 0.1) is 6.20 Å². The van der Waals surface area contributed by atoms with Crippen molar-refractivity contribution in [3.05, 3.63) is 72.4 Å². The summed E-state index contributed by atoms with van der Waals surface area (Å²) in [4.78, 5) is 11.5. The van der Waals surface area contributed by atoms with E-state index in [1.165, 1.54) is 5.56 Å². The summed E-state index contributed by atoms with van der Waals surface area (Å²) in [6, 6.07) is 20.7. The van der Waals surface area contributed by atoms with Crippen molar-refractivity contribution in [2.24, 2.45) is 0 Å². The zero-order chi connectivity index (χ0) is 18.5. The summed E-state index contributed by atoms with van der Waals surface area (Å²) in [5.41, 5.74) is 2.41. The Morgan fingerprint density at radius 3 is 2.26 bits per heavy atom. The molecular formula is C21H24N6. The van der Waals surface area contributed by atoms with Crippen molar-refractivity contribution in [2.75, 3.05) is 43.0 Å². The smallest absolute Gasteiger partial charge is 0.251 e. The maximum atomic E-state index is 4.74. The summed E-state index contributed by atoms with van der Waals surface area (Å²) >= 11 is 0. The fourth-order valence-electron chi connectivity index (χ4n) is 3.32. The van der Waals surface area contributed by atoms with Crippen LogP contribution in [0.1, 0.15) is 5.56 Å². The van der Waals surface area contributed by atoms with Crippen LogP contribution < -0.4 is 9.80 Å². The highest BCUT2D eigenvalue weighted by molar-refractivity contribution is 5.56. The van der Waals surface area contributed by atoms with Crippen LogP contribution >= 0.6 is 0 Å². The van der Waals surface area contributed by atoms with Crippen molar-refractivity contribution >= 4 is 17.5 Å². The highest BCUT2D eigenvalue weighted by atomic mass is 15.4. The highest BCUT2D eigenvalue weighted by Gasteiger charge is 2.19. The van der Waals surface area contributed by atoms with Crippen LogP contribution in [-0.2, 0) is 6.54 Å². The molecule has 2 aromatic carbocycles. The van der Waals surface area contributed by atoms with Crippen LogP contribution in [0.25, 0.3) is 0 Å². The number of hydrogen-bond acceptors (Lipinski definition) is 6. The molecule has 0 N–H and O–H groups in total. The van der Waals surface area contributed by atoms with Gasteiger partial charge in [0.25, 0.3) is 5.95 Å². The number of aromatic nitrogens is 3. The lowest BCUT2D eigenvalue weighted by atomic mass is 10.2. The average molecular weight is 360 g/mol. The first-order chi connectivity index (χ1) is 13.3. The Bertz CT molecular complexity index is 847. The molecule has 0 radical (unpaired) electrons. The van der Waals surface area contributed by atoms with Crippen molar-refractivity contribution < 1.29 is 0 Å². The van der Waals surface area contributed by atoms with Gasteiger partial charge >= 0.3 is 0 Å². The fraction of sp³-hybridized carbons (Fsp3) is 0.286. The van der Waals surface area contributed by atoms with E-state index in [1.54, 1.807) is 6.20 Å². The number of para-hydroxylation sites is 1. The number of piperazine rings is 1. The van der Waals surface area contributed by atoms with Crippen molar-refractivity contribution in [1.29, 1.82) is 0 Å². The van der Waals surface area contributed by atoms with E-state index in [2.05, 4.69) is 50.3 Å². The molecule has 0 unspecified atom stereocenters. The predicted molar refractivity (Wildman–Crippen MR) is 108 cm³/mol. The largest absolute Gasteiger partial charge is 0.353 e. The third kappa shape index (κ3) is 4.23. The molecule has 1 fully saturated rings. The number of nitrogens with zero attached hydrogens (tertiary/aromatic N) is 6. The van der Waals surface area contributed by atoms with E-state index in [-0.39, 0.29) is 0 Å². The molecule has 0 bridgehead atoms. The van der Waals surface area contributed by atoms with Crippen molar-refractivity contribution in [1.82, 2.24) is 20.1 Å². The standard InChI is InChI=1S/C21H24N6/c1-25(19-10-6-3-7-11-19)21-23-20(16-22-24-21)27-14-12-26(13-15-27)17-18-8-4-2-5-9-18/h2-11,16H,12-15,17H2,1H3. The third-order valence-electron chi connectivity index (χ3n) is 4.92. The van der Waals surface area contributed by atoms with Gasteiger partial charge in [-0.3, -0.25) is 4.90 Å². The van der Waals surface area contributed by atoms with Crippen LogP contribution in [0.3, 0.4) is 0 Å². The molecule has 2 heterocycles. The number of hydrogen-bond donors (Lipinski definition) is 0. The molecule has 3 aromatic rings. The fourth-order valence-corrected chi connectivity index (χ4v) is 3.32. The van der Waals surface area contributed by atoms with Gasteiger partial charge in [0.15, 0.2) is 5.82 Å². The molecule has 0 spiro atoms. The van der Waals surface area contributed by atoms with Crippen LogP contribution in [0.5, 0.6) is 0 Å². The van der Waals surface area contributed by atoms with E-state index in [9.17, 15) is 0 Å². The molecule has 138 valence electrons. The van der Waals surface area contributed by atoms with Gasteiger partial charge < -0.3 is 9.80 Å². The zero-order valence-corrected chi connectivity index (χ0v) is 15.6. The molecule has 4 rings (SSSR count). The summed E-state index contributed by atoms with van der Waals surface area (Å²) in [5.74, 6) is 1.51. The first-order valence-electron chi connectivity index (χ1n) is 9.29. The SMILES string of the molecule is CN(c1ccccc1)c1nncc(N2CCN(Cc3ccccc3)CC2)n1. The van der Waals surface area contributed by atoms with Crippen molar-refractivity contribution in [3.8, 4) is 0 Å². The monoisotopic (exact) mass is 360 g/mol. The Balaban J connectivity index is 1.40. The summed E-state index contributed by atoms with van der Waals surface area (Å²) in [6.07, 6.45) is 1.76. The van der Waals surface area contributed by atoms with Gasteiger partial charge in [0.1, 0.15) is 0 Å². The average Bonchev–Trinajstić information content (AvgIpc) is 2.75. The van der Waals surface area contributed by atoms with Crippen molar-refractivity contribution in [3.63, 3.8) is 0 Å². The van der Waals surface area contributed by atoms with E-state index in [1.807, 2.05) is 42.3 Å². The summed E-state index contributed by atoms with van der Waals surface area (Å²) in [6.45, 7) is 4.92. The van der Waals surface area contributed by atoms with Crippen LogP contribution in [0.4, 0.5) is 17.5 Å². The number of rotatable bonds is 5. The minimum absolute atomic E-state index is 0.616. The van der Waals surface area contributed by atoms with Gasteiger partial charge in [-0.15, -0.1) is 5.10 Å². The number of anilines is 3. The van der Waals surface area contributed by atoms with Gasteiger partial charge in [0, 0.05) is 45.5 Å². The Morgan fingerprint density at radius 2 is 1.56 bits per heavy atom. The Kier molecular flexibility index (Phi) is 5.25. The molecule has 1 aliphatic heterocycles. The van der Waals surface area contributed by atoms with Crippen LogP contribution in [0.15, 0.2) is 66.9 Å². The Labute approximate surface area is 160 Å². The van der Waals surface area contributed by atoms with Gasteiger partial charge in [-0.25, -0.2) is 0 Å². The first-order valence-corrected chi connectivity index (χ1v) is 9.29. The second kappa shape index (κ2) is 8.14. The molecule has 1 aliphatic rings. The first kappa shape index (κ1) is 17.4. The maximum absolute atomic E-state index is 4.74. The lowest BCUT2D eigenvalue weighted by Crippen LogP contribution is -2.46. The Morgan fingerprint density at radius 1 is 0.889 bits per heavy atom. The lowest BCUT2D eigenvalue weighted by Gasteiger charge is -2.35. The minimum atomic E-state index is 0.616. The summed E-state index contributed by atoms with van der Waals surface area (Å²) in [7, 11) is 1.97. The third-order valence-corrected chi connectivity index (χ3v) is 4.92. The minimum Gasteiger partial charge on any atom is -0.353 e. The molecular weight excluding hydrogens is 336 g/mol. The zero-order valence-electron chi connectivity index (χ0n) is 15.6. The summed E-state index contributed by atoms with van der Waals surface area (Å²) in [5, 5.41) is 8.39. The van der Waals surface area contributed by atoms with Crippen LogP contribution in [0, 0.1) is 0 Å². The van der Waals surface area contributed by atoms with E-state index in [4.69, 9.17) is 4.98 Å². The van der Waals surface area contributed by atoms with Crippen LogP contribution in [-0.4, -0.2) is 53.3 Å². The van der Waals surface area contributed by atoms with E-state index in [0.29, 0.717) is 5.95 Å². The molecule has 6 nitrogen and oxygen atoms in total. The van der Waals surface area contributed by atoms with E-state index >= 15 is 0 Å².